The van der Waals surface area contributed by atoms with Crippen LogP contribution in [0.4, 0.5) is 0 Å². The zero-order valence-electron chi connectivity index (χ0n) is 11.3. The molecule has 1 aromatic heterocycles. The number of rotatable bonds is 5. The molecular weight excluding hydrogens is 320 g/mol. The lowest BCUT2D eigenvalue weighted by Crippen LogP contribution is -2.29. The predicted octanol–water partition coefficient (Wildman–Crippen LogP) is -0.564. The van der Waals surface area contributed by atoms with Gasteiger partial charge in [0.1, 0.15) is 10.6 Å². The first-order valence-corrected chi connectivity index (χ1v) is 9.51. The van der Waals surface area contributed by atoms with Crippen LogP contribution in [-0.4, -0.2) is 50.5 Å². The van der Waals surface area contributed by atoms with Crippen molar-refractivity contribution in [2.45, 2.75) is 11.3 Å². The number of hydrogen-bond acceptors (Lipinski definition) is 5. The number of sulfonamides is 1. The average Bonchev–Trinajstić information content (AvgIpc) is 2.90. The number of aryl methyl sites for hydroxylation is 1. The van der Waals surface area contributed by atoms with Crippen LogP contribution in [0, 0.1) is 5.92 Å². The lowest BCUT2D eigenvalue weighted by atomic mass is 10.1. The number of nitrogens with zero attached hydrogens (tertiary/aromatic N) is 1. The lowest BCUT2D eigenvalue weighted by molar-refractivity contribution is 0.0686. The highest BCUT2D eigenvalue weighted by molar-refractivity contribution is 7.91. The van der Waals surface area contributed by atoms with Crippen LogP contribution in [0.15, 0.2) is 17.2 Å². The van der Waals surface area contributed by atoms with E-state index in [0.717, 1.165) is 6.07 Å². The van der Waals surface area contributed by atoms with Gasteiger partial charge in [-0.2, -0.15) is 0 Å². The summed E-state index contributed by atoms with van der Waals surface area (Å²) in [5, 5.41) is 8.90. The van der Waals surface area contributed by atoms with Crippen molar-refractivity contribution in [2.24, 2.45) is 13.0 Å². The quantitative estimate of drug-likeness (QED) is 0.743. The van der Waals surface area contributed by atoms with Gasteiger partial charge in [-0.05, 0) is 18.4 Å². The fraction of sp³-hybridized carbons (Fsp3) is 0.545. The van der Waals surface area contributed by atoms with Crippen molar-refractivity contribution in [3.63, 3.8) is 0 Å². The van der Waals surface area contributed by atoms with Gasteiger partial charge in [0.05, 0.1) is 11.5 Å². The second kappa shape index (κ2) is 5.43. The molecule has 1 atom stereocenters. The molecule has 1 saturated heterocycles. The zero-order chi connectivity index (χ0) is 15.8. The Kier molecular flexibility index (Phi) is 4.13. The Balaban J connectivity index is 2.09. The van der Waals surface area contributed by atoms with Gasteiger partial charge in [-0.15, -0.1) is 0 Å². The molecule has 8 nitrogen and oxygen atoms in total. The summed E-state index contributed by atoms with van der Waals surface area (Å²) in [7, 11) is -5.47. The predicted molar refractivity (Wildman–Crippen MR) is 74.3 cm³/mol. The Morgan fingerprint density at radius 1 is 1.52 bits per heavy atom. The molecule has 21 heavy (non-hydrogen) atoms. The van der Waals surface area contributed by atoms with E-state index in [9.17, 15) is 21.6 Å². The summed E-state index contributed by atoms with van der Waals surface area (Å²) < 4.78 is 50.3. The van der Waals surface area contributed by atoms with E-state index >= 15 is 0 Å². The van der Waals surface area contributed by atoms with Crippen molar-refractivity contribution in [3.8, 4) is 0 Å². The van der Waals surface area contributed by atoms with E-state index in [4.69, 9.17) is 5.11 Å². The number of carbonyl (C=O) groups is 1. The molecule has 0 saturated carbocycles. The van der Waals surface area contributed by atoms with Gasteiger partial charge in [0.2, 0.25) is 10.0 Å². The van der Waals surface area contributed by atoms with Crippen molar-refractivity contribution in [3.05, 3.63) is 18.0 Å². The first-order valence-electron chi connectivity index (χ1n) is 6.20. The number of aromatic carboxylic acids is 1. The minimum absolute atomic E-state index is 0.0231. The molecular formula is C11H16N2O6S2. The summed E-state index contributed by atoms with van der Waals surface area (Å²) in [5.74, 6) is -1.41. The summed E-state index contributed by atoms with van der Waals surface area (Å²) in [5.41, 5.74) is -0.140. The molecule has 2 rings (SSSR count). The highest BCUT2D eigenvalue weighted by Crippen LogP contribution is 2.19. The van der Waals surface area contributed by atoms with Crippen molar-refractivity contribution in [1.29, 1.82) is 0 Å². The maximum atomic E-state index is 12.1. The molecule has 2 heterocycles. The van der Waals surface area contributed by atoms with Crippen LogP contribution in [0.3, 0.4) is 0 Å². The lowest BCUT2D eigenvalue weighted by Gasteiger charge is -2.09. The number of nitrogens with one attached hydrogen (secondary N) is 1. The molecule has 0 amide bonds. The fourth-order valence-electron chi connectivity index (χ4n) is 2.24. The van der Waals surface area contributed by atoms with Crippen LogP contribution in [0.25, 0.3) is 0 Å². The number of hydrogen-bond donors (Lipinski definition) is 2. The minimum Gasteiger partial charge on any atom is -0.477 e. The van der Waals surface area contributed by atoms with Gasteiger partial charge < -0.3 is 9.67 Å². The van der Waals surface area contributed by atoms with Crippen LogP contribution in [0.5, 0.6) is 0 Å². The summed E-state index contributed by atoms with van der Waals surface area (Å²) in [6.07, 6.45) is 1.64. The van der Waals surface area contributed by atoms with Crippen LogP contribution < -0.4 is 4.72 Å². The van der Waals surface area contributed by atoms with E-state index in [2.05, 4.69) is 4.72 Å². The SMILES string of the molecule is Cn1cc(S(=O)(=O)NCC2CCS(=O)(=O)C2)cc1C(=O)O. The molecule has 10 heteroatoms. The first kappa shape index (κ1) is 16.0. The Bertz CT molecular complexity index is 763. The second-order valence-electron chi connectivity index (χ2n) is 5.10. The monoisotopic (exact) mass is 336 g/mol. The largest absolute Gasteiger partial charge is 0.477 e. The Labute approximate surface area is 122 Å². The van der Waals surface area contributed by atoms with Crippen molar-refractivity contribution in [1.82, 2.24) is 9.29 Å². The average molecular weight is 336 g/mol. The highest BCUT2D eigenvalue weighted by Gasteiger charge is 2.29. The summed E-state index contributed by atoms with van der Waals surface area (Å²) in [6.45, 7) is 0.0266. The minimum atomic E-state index is -3.85. The fourth-order valence-corrected chi connectivity index (χ4v) is 5.29. The molecule has 1 aliphatic heterocycles. The molecule has 118 valence electrons. The van der Waals surface area contributed by atoms with Crippen LogP contribution in [0.2, 0.25) is 0 Å². The van der Waals surface area contributed by atoms with Crippen molar-refractivity contribution >= 4 is 25.8 Å². The van der Waals surface area contributed by atoms with Crippen LogP contribution in [0.1, 0.15) is 16.9 Å². The standard InChI is InChI=1S/C11H16N2O6S2/c1-13-6-9(4-10(13)11(14)15)21(18,19)12-5-8-2-3-20(16,17)7-8/h4,6,8,12H,2-3,5,7H2,1H3,(H,14,15). The van der Waals surface area contributed by atoms with Gasteiger partial charge in [-0.3, -0.25) is 0 Å². The smallest absolute Gasteiger partial charge is 0.352 e. The maximum Gasteiger partial charge on any atom is 0.352 e. The van der Waals surface area contributed by atoms with Gasteiger partial charge in [0.25, 0.3) is 0 Å². The number of aromatic nitrogens is 1. The van der Waals surface area contributed by atoms with Crippen LogP contribution >= 0.6 is 0 Å². The van der Waals surface area contributed by atoms with Crippen molar-refractivity contribution in [2.75, 3.05) is 18.1 Å². The topological polar surface area (TPSA) is 123 Å². The van der Waals surface area contributed by atoms with E-state index in [1.807, 2.05) is 0 Å². The first-order chi connectivity index (χ1) is 9.61. The number of sulfone groups is 1. The third kappa shape index (κ3) is 3.63. The third-order valence-corrected chi connectivity index (χ3v) is 6.63. The molecule has 0 aliphatic carbocycles. The molecule has 1 aliphatic rings. The molecule has 1 fully saturated rings. The molecule has 0 bridgehead atoms. The third-order valence-electron chi connectivity index (χ3n) is 3.40. The molecule has 1 aromatic rings. The Morgan fingerprint density at radius 3 is 2.67 bits per heavy atom. The van der Waals surface area contributed by atoms with Gasteiger partial charge >= 0.3 is 5.97 Å². The Morgan fingerprint density at radius 2 is 2.19 bits per heavy atom. The summed E-state index contributed by atoms with van der Waals surface area (Å²) in [6, 6.07) is 1.07. The van der Waals surface area contributed by atoms with E-state index < -0.39 is 25.8 Å². The van der Waals surface area contributed by atoms with E-state index in [0.29, 0.717) is 6.42 Å². The van der Waals surface area contributed by atoms with Crippen LogP contribution in [-0.2, 0) is 26.9 Å². The van der Waals surface area contributed by atoms with Gasteiger partial charge in [0, 0.05) is 19.8 Å². The second-order valence-corrected chi connectivity index (χ2v) is 9.09. The van der Waals surface area contributed by atoms with Gasteiger partial charge in [-0.1, -0.05) is 0 Å². The molecule has 0 aromatic carbocycles. The zero-order valence-corrected chi connectivity index (χ0v) is 12.9. The summed E-state index contributed by atoms with van der Waals surface area (Å²) in [4.78, 5) is 10.7. The number of carboxylic acid groups (broad SMARTS) is 1. The molecule has 0 radical (unpaired) electrons. The van der Waals surface area contributed by atoms with Crippen molar-refractivity contribution < 1.29 is 26.7 Å². The normalized spacial score (nSPS) is 21.5. The highest BCUT2D eigenvalue weighted by atomic mass is 32.2. The van der Waals surface area contributed by atoms with Gasteiger partial charge in [-0.25, -0.2) is 26.4 Å². The molecule has 0 spiro atoms. The number of carboxylic acids is 1. The van der Waals surface area contributed by atoms with E-state index in [1.165, 1.54) is 17.8 Å². The maximum absolute atomic E-state index is 12.1. The molecule has 1 unspecified atom stereocenters. The summed E-state index contributed by atoms with van der Waals surface area (Å²) >= 11 is 0. The van der Waals surface area contributed by atoms with E-state index in [-0.39, 0.29) is 34.6 Å². The molecule has 2 N–H and O–H groups in total. The van der Waals surface area contributed by atoms with Gasteiger partial charge in [0.15, 0.2) is 9.84 Å². The van der Waals surface area contributed by atoms with E-state index in [1.54, 1.807) is 0 Å². The Hall–Kier alpha value is -1.39.